The zero-order valence-electron chi connectivity index (χ0n) is 10.9. The number of benzene rings is 1. The van der Waals surface area contributed by atoms with E-state index >= 15 is 0 Å². The van der Waals surface area contributed by atoms with Gasteiger partial charge in [0.1, 0.15) is 0 Å². The molecule has 1 N–H and O–H groups in total. The summed E-state index contributed by atoms with van der Waals surface area (Å²) in [6.45, 7) is 4.48. The van der Waals surface area contributed by atoms with Crippen LogP contribution in [0.15, 0.2) is 18.2 Å². The molecule has 96 valence electrons. The Balaban J connectivity index is 2.25. The number of aryl methyl sites for hydroxylation is 1. The molecule has 0 bridgehead atoms. The van der Waals surface area contributed by atoms with Gasteiger partial charge in [-0.3, -0.25) is 0 Å². The average Bonchev–Trinajstić information content (AvgIpc) is 2.33. The van der Waals surface area contributed by atoms with Crippen molar-refractivity contribution in [1.82, 2.24) is 5.32 Å². The lowest BCUT2D eigenvalue weighted by Crippen LogP contribution is -2.20. The highest BCUT2D eigenvalue weighted by molar-refractivity contribution is 5.29. The number of rotatable bonds is 7. The van der Waals surface area contributed by atoms with Gasteiger partial charge in [-0.2, -0.15) is 0 Å². The van der Waals surface area contributed by atoms with Crippen molar-refractivity contribution < 1.29 is 9.13 Å². The van der Waals surface area contributed by atoms with Crippen LogP contribution < -0.4 is 10.1 Å². The van der Waals surface area contributed by atoms with Crippen LogP contribution in [0, 0.1) is 12.7 Å². The van der Waals surface area contributed by atoms with Crippen LogP contribution in [-0.2, 0) is 0 Å². The summed E-state index contributed by atoms with van der Waals surface area (Å²) in [4.78, 5) is 0. The summed E-state index contributed by atoms with van der Waals surface area (Å²) < 4.78 is 19.0. The Kier molecular flexibility index (Phi) is 5.98. The molecule has 0 heterocycles. The van der Waals surface area contributed by atoms with E-state index in [1.165, 1.54) is 0 Å². The summed E-state index contributed by atoms with van der Waals surface area (Å²) in [5.74, 6) is 0.128. The van der Waals surface area contributed by atoms with Crippen LogP contribution in [0.1, 0.15) is 31.7 Å². The van der Waals surface area contributed by atoms with Crippen LogP contribution in [0.3, 0.4) is 0 Å². The molecule has 17 heavy (non-hydrogen) atoms. The smallest absolute Gasteiger partial charge is 0.167 e. The van der Waals surface area contributed by atoms with E-state index in [1.807, 2.05) is 13.1 Å². The monoisotopic (exact) mass is 239 g/mol. The van der Waals surface area contributed by atoms with E-state index < -0.39 is 0 Å². The molecule has 2 nitrogen and oxygen atoms in total. The lowest BCUT2D eigenvalue weighted by Gasteiger charge is -2.11. The van der Waals surface area contributed by atoms with Gasteiger partial charge in [0.2, 0.25) is 0 Å². The number of unbranched alkanes of at least 4 members (excludes halogenated alkanes) is 1. The molecule has 1 aromatic carbocycles. The van der Waals surface area contributed by atoms with Gasteiger partial charge in [-0.25, -0.2) is 4.39 Å². The molecular weight excluding hydrogens is 217 g/mol. The molecular formula is C14H22FNO. The molecule has 0 spiro atoms. The van der Waals surface area contributed by atoms with Gasteiger partial charge in [0.05, 0.1) is 6.61 Å². The van der Waals surface area contributed by atoms with Gasteiger partial charge >= 0.3 is 0 Å². The molecule has 1 unspecified atom stereocenters. The van der Waals surface area contributed by atoms with Crippen LogP contribution in [0.4, 0.5) is 4.39 Å². The Morgan fingerprint density at radius 2 is 2.12 bits per heavy atom. The van der Waals surface area contributed by atoms with Crippen molar-refractivity contribution in [3.05, 3.63) is 29.6 Å². The van der Waals surface area contributed by atoms with Crippen molar-refractivity contribution in [3.63, 3.8) is 0 Å². The number of hydrogen-bond donors (Lipinski definition) is 1. The van der Waals surface area contributed by atoms with Gasteiger partial charge in [0.25, 0.3) is 0 Å². The third kappa shape index (κ3) is 4.73. The first-order valence-corrected chi connectivity index (χ1v) is 6.20. The van der Waals surface area contributed by atoms with Gasteiger partial charge in [0, 0.05) is 6.04 Å². The number of nitrogens with one attached hydrogen (secondary N) is 1. The lowest BCUT2D eigenvalue weighted by atomic mass is 10.1. The molecule has 0 saturated heterocycles. The maximum Gasteiger partial charge on any atom is 0.167 e. The fraction of sp³-hybridized carbons (Fsp3) is 0.571. The van der Waals surface area contributed by atoms with Crippen molar-refractivity contribution in [3.8, 4) is 5.75 Å². The van der Waals surface area contributed by atoms with Crippen molar-refractivity contribution >= 4 is 0 Å². The van der Waals surface area contributed by atoms with Crippen molar-refractivity contribution in [2.24, 2.45) is 0 Å². The minimum atomic E-state index is -0.240. The van der Waals surface area contributed by atoms with Crippen molar-refractivity contribution in [1.29, 1.82) is 0 Å². The fourth-order valence-corrected chi connectivity index (χ4v) is 1.61. The van der Waals surface area contributed by atoms with Crippen molar-refractivity contribution in [2.75, 3.05) is 13.7 Å². The topological polar surface area (TPSA) is 21.3 Å². The third-order valence-corrected chi connectivity index (χ3v) is 2.94. The number of hydrogen-bond acceptors (Lipinski definition) is 2. The molecule has 0 aromatic heterocycles. The van der Waals surface area contributed by atoms with E-state index in [2.05, 4.69) is 12.2 Å². The van der Waals surface area contributed by atoms with Crippen LogP contribution in [0.5, 0.6) is 5.75 Å². The summed E-state index contributed by atoms with van der Waals surface area (Å²) in [6.07, 6.45) is 3.17. The molecule has 0 saturated carbocycles. The summed E-state index contributed by atoms with van der Waals surface area (Å²) in [5.41, 5.74) is 0.631. The van der Waals surface area contributed by atoms with E-state index in [0.29, 0.717) is 24.0 Å². The van der Waals surface area contributed by atoms with Gasteiger partial charge in [0.15, 0.2) is 11.6 Å². The second-order valence-corrected chi connectivity index (χ2v) is 4.42. The van der Waals surface area contributed by atoms with E-state index in [9.17, 15) is 4.39 Å². The van der Waals surface area contributed by atoms with E-state index in [1.54, 1.807) is 19.1 Å². The molecule has 0 amide bonds. The average molecular weight is 239 g/mol. The first-order valence-electron chi connectivity index (χ1n) is 6.20. The Labute approximate surface area is 103 Å². The van der Waals surface area contributed by atoms with Crippen LogP contribution in [0.2, 0.25) is 0 Å². The van der Waals surface area contributed by atoms with Crippen LogP contribution in [-0.4, -0.2) is 19.7 Å². The van der Waals surface area contributed by atoms with Gasteiger partial charge < -0.3 is 10.1 Å². The Bertz CT molecular complexity index is 341. The Morgan fingerprint density at radius 3 is 2.82 bits per heavy atom. The van der Waals surface area contributed by atoms with Crippen LogP contribution in [0.25, 0.3) is 0 Å². The highest BCUT2D eigenvalue weighted by Crippen LogP contribution is 2.19. The molecule has 1 atom stereocenters. The predicted molar refractivity (Wildman–Crippen MR) is 69.0 cm³/mol. The molecule has 1 aromatic rings. The minimum absolute atomic E-state index is 0.240. The summed E-state index contributed by atoms with van der Waals surface area (Å²) in [7, 11) is 1.96. The Hall–Kier alpha value is -1.09. The zero-order chi connectivity index (χ0) is 12.7. The van der Waals surface area contributed by atoms with E-state index in [0.717, 1.165) is 19.3 Å². The molecule has 0 radical (unpaired) electrons. The highest BCUT2D eigenvalue weighted by atomic mass is 19.1. The summed E-state index contributed by atoms with van der Waals surface area (Å²) in [6, 6.07) is 5.78. The molecule has 1 rings (SSSR count). The minimum Gasteiger partial charge on any atom is -0.491 e. The van der Waals surface area contributed by atoms with Gasteiger partial charge in [-0.05, 0) is 51.8 Å². The molecule has 0 aliphatic carbocycles. The highest BCUT2D eigenvalue weighted by Gasteiger charge is 2.05. The standard InChI is InChI=1S/C14H22FNO/c1-11-7-6-9-13(14(11)15)17-10-5-4-8-12(2)16-3/h6-7,9,12,16H,4-5,8,10H2,1-3H3. The van der Waals surface area contributed by atoms with Crippen LogP contribution >= 0.6 is 0 Å². The quantitative estimate of drug-likeness (QED) is 0.737. The van der Waals surface area contributed by atoms with E-state index in [4.69, 9.17) is 4.74 Å². The maximum absolute atomic E-state index is 13.6. The largest absolute Gasteiger partial charge is 0.491 e. The fourth-order valence-electron chi connectivity index (χ4n) is 1.61. The second kappa shape index (κ2) is 7.28. The maximum atomic E-state index is 13.6. The zero-order valence-corrected chi connectivity index (χ0v) is 10.9. The van der Waals surface area contributed by atoms with Gasteiger partial charge in [-0.1, -0.05) is 12.1 Å². The first-order chi connectivity index (χ1) is 8.15. The molecule has 0 aliphatic rings. The number of ether oxygens (including phenoxy) is 1. The Morgan fingerprint density at radius 1 is 1.35 bits per heavy atom. The summed E-state index contributed by atoms with van der Waals surface area (Å²) in [5, 5.41) is 3.19. The molecule has 3 heteroatoms. The number of halogens is 1. The second-order valence-electron chi connectivity index (χ2n) is 4.42. The first kappa shape index (κ1) is 14.0. The lowest BCUT2D eigenvalue weighted by molar-refractivity contribution is 0.287. The molecule has 0 fully saturated rings. The van der Waals surface area contributed by atoms with Gasteiger partial charge in [-0.15, -0.1) is 0 Å². The SMILES string of the molecule is CNC(C)CCCCOc1cccc(C)c1F. The third-order valence-electron chi connectivity index (χ3n) is 2.94. The summed E-state index contributed by atoms with van der Waals surface area (Å²) >= 11 is 0. The normalized spacial score (nSPS) is 12.5. The predicted octanol–water partition coefficient (Wildman–Crippen LogP) is 3.29. The van der Waals surface area contributed by atoms with Crippen molar-refractivity contribution in [2.45, 2.75) is 39.2 Å². The van der Waals surface area contributed by atoms with E-state index in [-0.39, 0.29) is 5.82 Å². The molecule has 0 aliphatic heterocycles.